The summed E-state index contributed by atoms with van der Waals surface area (Å²) in [5.41, 5.74) is 1.17. The van der Waals surface area contributed by atoms with Crippen molar-refractivity contribution in [1.29, 1.82) is 0 Å². The van der Waals surface area contributed by atoms with Gasteiger partial charge in [0, 0.05) is 24.4 Å². The second kappa shape index (κ2) is 7.46. The average molecular weight is 268 g/mol. The van der Waals surface area contributed by atoms with Gasteiger partial charge in [-0.05, 0) is 18.6 Å². The Bertz CT molecular complexity index is 368. The Kier molecular flexibility index (Phi) is 6.25. The van der Waals surface area contributed by atoms with Crippen LogP contribution in [0, 0.1) is 0 Å². The molecule has 0 fully saturated rings. The Morgan fingerprint density at radius 1 is 1.28 bits per heavy atom. The van der Waals surface area contributed by atoms with E-state index in [2.05, 4.69) is 47.6 Å². The molecule has 0 spiro atoms. The van der Waals surface area contributed by atoms with Gasteiger partial charge in [0.1, 0.15) is 18.0 Å². The highest BCUT2D eigenvalue weighted by molar-refractivity contribution is 7.98. The molecule has 1 rings (SSSR count). The summed E-state index contributed by atoms with van der Waals surface area (Å²) in [7, 11) is 1.90. The number of rotatable bonds is 7. The Morgan fingerprint density at radius 3 is 2.44 bits per heavy atom. The number of hydrogen-bond donors (Lipinski definition) is 2. The highest BCUT2D eigenvalue weighted by atomic mass is 32.2. The number of nitrogens with zero attached hydrogens (tertiary/aromatic N) is 2. The molecule has 0 aliphatic heterocycles. The molecule has 1 aromatic rings. The van der Waals surface area contributed by atoms with Crippen molar-refractivity contribution < 1.29 is 0 Å². The summed E-state index contributed by atoms with van der Waals surface area (Å²) < 4.78 is 0. The molecule has 4 nitrogen and oxygen atoms in total. The summed E-state index contributed by atoms with van der Waals surface area (Å²) in [5.74, 6) is 3.36. The van der Waals surface area contributed by atoms with Crippen molar-refractivity contribution in [3.63, 3.8) is 0 Å². The fourth-order valence-corrected chi connectivity index (χ4v) is 2.63. The summed E-state index contributed by atoms with van der Waals surface area (Å²) in [6, 6.07) is 0.456. The number of hydrogen-bond acceptors (Lipinski definition) is 5. The molecule has 0 aliphatic carbocycles. The van der Waals surface area contributed by atoms with Gasteiger partial charge < -0.3 is 10.6 Å². The molecule has 0 aromatic carbocycles. The van der Waals surface area contributed by atoms with Gasteiger partial charge in [0.2, 0.25) is 0 Å². The van der Waals surface area contributed by atoms with Gasteiger partial charge in [0.15, 0.2) is 0 Å². The lowest BCUT2D eigenvalue weighted by Crippen LogP contribution is -2.23. The number of anilines is 2. The second-order valence-corrected chi connectivity index (χ2v) is 5.50. The van der Waals surface area contributed by atoms with E-state index in [0.717, 1.165) is 23.8 Å². The molecule has 0 saturated carbocycles. The molecule has 18 heavy (non-hydrogen) atoms. The molecule has 0 bridgehead atoms. The standard InChI is InChI=1S/C13H24N4S/c1-6-10(7-18-5)17-13-11(9(2)3)12(14-4)15-8-16-13/h8-10H,6-7H2,1-5H3,(H2,14,15,16,17). The molecule has 1 aromatic heterocycles. The molecule has 0 amide bonds. The molecule has 1 heterocycles. The van der Waals surface area contributed by atoms with Crippen LogP contribution in [0.15, 0.2) is 6.33 Å². The van der Waals surface area contributed by atoms with Crippen LogP contribution in [0.4, 0.5) is 11.6 Å². The van der Waals surface area contributed by atoms with Gasteiger partial charge in [-0.25, -0.2) is 9.97 Å². The SMILES string of the molecule is CCC(CSC)Nc1ncnc(NC)c1C(C)C. The Labute approximate surface area is 114 Å². The van der Waals surface area contributed by atoms with Crippen LogP contribution in [0.2, 0.25) is 0 Å². The van der Waals surface area contributed by atoms with Gasteiger partial charge in [-0.3, -0.25) is 0 Å². The van der Waals surface area contributed by atoms with E-state index in [1.807, 2.05) is 18.8 Å². The topological polar surface area (TPSA) is 49.8 Å². The highest BCUT2D eigenvalue weighted by Gasteiger charge is 2.16. The number of aromatic nitrogens is 2. The first kappa shape index (κ1) is 15.1. The summed E-state index contributed by atoms with van der Waals surface area (Å²) in [6.45, 7) is 6.53. The maximum Gasteiger partial charge on any atom is 0.135 e. The zero-order valence-corrected chi connectivity index (χ0v) is 12.8. The molecule has 0 radical (unpaired) electrons. The molecule has 0 aliphatic rings. The van der Waals surface area contributed by atoms with Crippen molar-refractivity contribution in [2.24, 2.45) is 0 Å². The molecule has 1 unspecified atom stereocenters. The lowest BCUT2D eigenvalue weighted by Gasteiger charge is -2.21. The van der Waals surface area contributed by atoms with Crippen LogP contribution in [0.5, 0.6) is 0 Å². The first-order valence-corrected chi connectivity index (χ1v) is 7.81. The van der Waals surface area contributed by atoms with E-state index < -0.39 is 0 Å². The van der Waals surface area contributed by atoms with Crippen LogP contribution in [0.25, 0.3) is 0 Å². The average Bonchev–Trinajstić information content (AvgIpc) is 2.37. The Morgan fingerprint density at radius 2 is 1.94 bits per heavy atom. The van der Waals surface area contributed by atoms with Gasteiger partial charge in [-0.15, -0.1) is 0 Å². The van der Waals surface area contributed by atoms with Crippen LogP contribution in [-0.4, -0.2) is 35.1 Å². The van der Waals surface area contributed by atoms with E-state index in [-0.39, 0.29) is 0 Å². The maximum absolute atomic E-state index is 4.41. The van der Waals surface area contributed by atoms with E-state index in [4.69, 9.17) is 0 Å². The van der Waals surface area contributed by atoms with Gasteiger partial charge in [-0.2, -0.15) is 11.8 Å². The van der Waals surface area contributed by atoms with E-state index in [9.17, 15) is 0 Å². The second-order valence-electron chi connectivity index (χ2n) is 4.59. The molecular weight excluding hydrogens is 244 g/mol. The third-order valence-corrected chi connectivity index (χ3v) is 3.64. The van der Waals surface area contributed by atoms with E-state index in [1.54, 1.807) is 6.33 Å². The predicted octanol–water partition coefficient (Wildman–Crippen LogP) is 3.20. The molecule has 0 saturated heterocycles. The van der Waals surface area contributed by atoms with Crippen LogP contribution >= 0.6 is 11.8 Å². The largest absolute Gasteiger partial charge is 0.373 e. The van der Waals surface area contributed by atoms with Crippen molar-refractivity contribution in [2.75, 3.05) is 29.7 Å². The first-order valence-electron chi connectivity index (χ1n) is 6.42. The lowest BCUT2D eigenvalue weighted by atomic mass is 10.0. The first-order chi connectivity index (χ1) is 8.63. The zero-order chi connectivity index (χ0) is 13.5. The summed E-state index contributed by atoms with van der Waals surface area (Å²) >= 11 is 1.86. The predicted molar refractivity (Wildman–Crippen MR) is 81.8 cm³/mol. The summed E-state index contributed by atoms with van der Waals surface area (Å²) in [6.07, 6.45) is 4.84. The number of thioether (sulfide) groups is 1. The normalized spacial score (nSPS) is 12.6. The maximum atomic E-state index is 4.41. The zero-order valence-electron chi connectivity index (χ0n) is 11.9. The minimum Gasteiger partial charge on any atom is -0.373 e. The summed E-state index contributed by atoms with van der Waals surface area (Å²) in [4.78, 5) is 8.70. The van der Waals surface area contributed by atoms with Crippen LogP contribution in [-0.2, 0) is 0 Å². The van der Waals surface area contributed by atoms with Crippen LogP contribution < -0.4 is 10.6 Å². The third-order valence-electron chi connectivity index (χ3n) is 2.90. The smallest absolute Gasteiger partial charge is 0.135 e. The Balaban J connectivity index is 3.00. The number of nitrogens with one attached hydrogen (secondary N) is 2. The van der Waals surface area contributed by atoms with Gasteiger partial charge in [-0.1, -0.05) is 20.8 Å². The molecule has 5 heteroatoms. The van der Waals surface area contributed by atoms with Gasteiger partial charge >= 0.3 is 0 Å². The van der Waals surface area contributed by atoms with Gasteiger partial charge in [0.05, 0.1) is 0 Å². The fourth-order valence-electron chi connectivity index (χ4n) is 1.91. The van der Waals surface area contributed by atoms with Crippen molar-refractivity contribution in [3.05, 3.63) is 11.9 Å². The molecular formula is C13H24N4S. The van der Waals surface area contributed by atoms with Crippen LogP contribution in [0.3, 0.4) is 0 Å². The summed E-state index contributed by atoms with van der Waals surface area (Å²) in [5, 5.41) is 6.69. The lowest BCUT2D eigenvalue weighted by molar-refractivity contribution is 0.758. The van der Waals surface area contributed by atoms with E-state index >= 15 is 0 Å². The van der Waals surface area contributed by atoms with Crippen molar-refractivity contribution in [1.82, 2.24) is 9.97 Å². The van der Waals surface area contributed by atoms with Crippen molar-refractivity contribution in [3.8, 4) is 0 Å². The fraction of sp³-hybridized carbons (Fsp3) is 0.692. The minimum atomic E-state index is 0.392. The molecule has 2 N–H and O–H groups in total. The molecule has 102 valence electrons. The third kappa shape index (κ3) is 3.77. The van der Waals surface area contributed by atoms with Gasteiger partial charge in [0.25, 0.3) is 0 Å². The Hall–Kier alpha value is -0.970. The van der Waals surface area contributed by atoms with Crippen molar-refractivity contribution >= 4 is 23.4 Å². The van der Waals surface area contributed by atoms with Crippen LogP contribution in [0.1, 0.15) is 38.7 Å². The highest BCUT2D eigenvalue weighted by Crippen LogP contribution is 2.28. The minimum absolute atomic E-state index is 0.392. The van der Waals surface area contributed by atoms with E-state index in [0.29, 0.717) is 12.0 Å². The quantitative estimate of drug-likeness (QED) is 0.795. The van der Waals surface area contributed by atoms with Crippen molar-refractivity contribution in [2.45, 2.75) is 39.2 Å². The molecule has 1 atom stereocenters. The monoisotopic (exact) mass is 268 g/mol. The van der Waals surface area contributed by atoms with E-state index in [1.165, 1.54) is 5.56 Å².